The molecule has 116 valence electrons. The van der Waals surface area contributed by atoms with Gasteiger partial charge in [0.25, 0.3) is 0 Å². The predicted molar refractivity (Wildman–Crippen MR) is 83.7 cm³/mol. The molecular formula is C17H24O4. The minimum atomic E-state index is -0.951. The second-order valence-electron chi connectivity index (χ2n) is 5.47. The molecular weight excluding hydrogens is 268 g/mol. The van der Waals surface area contributed by atoms with E-state index < -0.39 is 5.97 Å². The zero-order chi connectivity index (χ0) is 15.8. The van der Waals surface area contributed by atoms with E-state index in [0.717, 1.165) is 35.1 Å². The summed E-state index contributed by atoms with van der Waals surface area (Å²) in [7, 11) is 0. The summed E-state index contributed by atoms with van der Waals surface area (Å²) >= 11 is 0. The summed E-state index contributed by atoms with van der Waals surface area (Å²) in [5, 5.41) is 8.65. The van der Waals surface area contributed by atoms with Crippen LogP contribution < -0.4 is 4.74 Å². The Bertz CT molecular complexity index is 481. The van der Waals surface area contributed by atoms with Crippen molar-refractivity contribution in [3.05, 3.63) is 34.9 Å². The molecule has 1 rings (SSSR count). The Morgan fingerprint density at radius 1 is 1.24 bits per heavy atom. The molecule has 0 aliphatic heterocycles. The van der Waals surface area contributed by atoms with Gasteiger partial charge in [-0.15, -0.1) is 0 Å². The average molecular weight is 292 g/mol. The first-order chi connectivity index (χ1) is 9.90. The monoisotopic (exact) mass is 292 g/mol. The molecule has 1 aromatic rings. The minimum absolute atomic E-state index is 0.513. The number of carboxylic acids is 1. The maximum Gasteiger partial charge on any atom is 0.328 e. The number of aryl methyl sites for hydroxylation is 2. The van der Waals surface area contributed by atoms with Crippen LogP contribution in [0.15, 0.2) is 18.2 Å². The molecule has 1 N–H and O–H groups in total. The van der Waals surface area contributed by atoms with E-state index in [9.17, 15) is 4.79 Å². The molecule has 0 saturated carbocycles. The Morgan fingerprint density at radius 3 is 2.38 bits per heavy atom. The first kappa shape index (κ1) is 17.2. The van der Waals surface area contributed by atoms with E-state index in [1.54, 1.807) is 6.08 Å². The number of carbonyl (C=O) groups is 1. The van der Waals surface area contributed by atoms with Crippen molar-refractivity contribution in [3.8, 4) is 5.75 Å². The number of carboxylic acid groups (broad SMARTS) is 1. The van der Waals surface area contributed by atoms with Crippen LogP contribution in [0.25, 0.3) is 6.08 Å². The molecule has 0 spiro atoms. The standard InChI is InChI=1S/C17H24O4/c1-12(2)11-20-7-8-21-17-13(3)9-15(10-14(17)4)5-6-16(18)19/h5-6,9-10,12H,7-8,11H2,1-4H3,(H,18,19)/b6-5+. The summed E-state index contributed by atoms with van der Waals surface area (Å²) in [6.07, 6.45) is 2.71. The Hall–Kier alpha value is -1.81. The third-order valence-corrected chi connectivity index (χ3v) is 2.83. The van der Waals surface area contributed by atoms with Gasteiger partial charge < -0.3 is 14.6 Å². The van der Waals surface area contributed by atoms with Crippen molar-refractivity contribution >= 4 is 12.0 Å². The van der Waals surface area contributed by atoms with Crippen LogP contribution in [0.5, 0.6) is 5.75 Å². The first-order valence-corrected chi connectivity index (χ1v) is 7.13. The van der Waals surface area contributed by atoms with Crippen LogP contribution in [0.2, 0.25) is 0 Å². The van der Waals surface area contributed by atoms with Gasteiger partial charge in [-0.05, 0) is 54.7 Å². The molecule has 0 aliphatic carbocycles. The largest absolute Gasteiger partial charge is 0.491 e. The lowest BCUT2D eigenvalue weighted by Gasteiger charge is -2.14. The number of benzene rings is 1. The van der Waals surface area contributed by atoms with Gasteiger partial charge >= 0.3 is 5.97 Å². The lowest BCUT2D eigenvalue weighted by molar-refractivity contribution is -0.131. The Kier molecular flexibility index (Phi) is 6.96. The lowest BCUT2D eigenvalue weighted by atomic mass is 10.1. The van der Waals surface area contributed by atoms with Crippen LogP contribution in [0, 0.1) is 19.8 Å². The summed E-state index contributed by atoms with van der Waals surface area (Å²) in [4.78, 5) is 10.5. The van der Waals surface area contributed by atoms with Crippen molar-refractivity contribution in [2.45, 2.75) is 27.7 Å². The van der Waals surface area contributed by atoms with Crippen LogP contribution >= 0.6 is 0 Å². The Balaban J connectivity index is 2.61. The zero-order valence-electron chi connectivity index (χ0n) is 13.2. The number of aliphatic carboxylic acids is 1. The minimum Gasteiger partial charge on any atom is -0.491 e. The van der Waals surface area contributed by atoms with E-state index in [1.807, 2.05) is 26.0 Å². The van der Waals surface area contributed by atoms with Gasteiger partial charge in [0.05, 0.1) is 6.61 Å². The van der Waals surface area contributed by atoms with Crippen molar-refractivity contribution in [2.75, 3.05) is 19.8 Å². The summed E-state index contributed by atoms with van der Waals surface area (Å²) in [5.74, 6) is 0.414. The van der Waals surface area contributed by atoms with Crippen molar-refractivity contribution in [1.29, 1.82) is 0 Å². The van der Waals surface area contributed by atoms with Gasteiger partial charge in [-0.1, -0.05) is 13.8 Å². The highest BCUT2D eigenvalue weighted by Crippen LogP contribution is 2.25. The first-order valence-electron chi connectivity index (χ1n) is 7.13. The summed E-state index contributed by atoms with van der Waals surface area (Å²) in [6, 6.07) is 3.83. The zero-order valence-corrected chi connectivity index (χ0v) is 13.2. The van der Waals surface area contributed by atoms with Gasteiger partial charge in [0.1, 0.15) is 12.4 Å². The van der Waals surface area contributed by atoms with Gasteiger partial charge in [-0.25, -0.2) is 4.79 Å². The van der Waals surface area contributed by atoms with Crippen LogP contribution in [0.3, 0.4) is 0 Å². The van der Waals surface area contributed by atoms with E-state index in [1.165, 1.54) is 0 Å². The number of rotatable bonds is 8. The molecule has 21 heavy (non-hydrogen) atoms. The third kappa shape index (κ3) is 6.45. The molecule has 0 aromatic heterocycles. The second kappa shape index (κ2) is 8.47. The molecule has 0 unspecified atom stereocenters. The Morgan fingerprint density at radius 2 is 1.86 bits per heavy atom. The maximum absolute atomic E-state index is 10.5. The quantitative estimate of drug-likeness (QED) is 0.589. The normalized spacial score (nSPS) is 11.3. The summed E-state index contributed by atoms with van der Waals surface area (Å²) in [5.41, 5.74) is 2.84. The highest BCUT2D eigenvalue weighted by atomic mass is 16.5. The van der Waals surface area contributed by atoms with Gasteiger partial charge in [-0.3, -0.25) is 0 Å². The molecule has 4 nitrogen and oxygen atoms in total. The van der Waals surface area contributed by atoms with Crippen LogP contribution in [-0.2, 0) is 9.53 Å². The number of ether oxygens (including phenoxy) is 2. The highest BCUT2D eigenvalue weighted by molar-refractivity contribution is 5.85. The van der Waals surface area contributed by atoms with Gasteiger partial charge in [0.2, 0.25) is 0 Å². The van der Waals surface area contributed by atoms with Crippen LogP contribution in [-0.4, -0.2) is 30.9 Å². The molecule has 0 heterocycles. The van der Waals surface area contributed by atoms with E-state index in [2.05, 4.69) is 13.8 Å². The topological polar surface area (TPSA) is 55.8 Å². The van der Waals surface area contributed by atoms with Gasteiger partial charge in [-0.2, -0.15) is 0 Å². The molecule has 0 fully saturated rings. The molecule has 0 radical (unpaired) electrons. The fourth-order valence-electron chi connectivity index (χ4n) is 2.00. The van der Waals surface area contributed by atoms with E-state index >= 15 is 0 Å². The van der Waals surface area contributed by atoms with E-state index in [0.29, 0.717) is 19.1 Å². The van der Waals surface area contributed by atoms with Crippen molar-refractivity contribution < 1.29 is 19.4 Å². The van der Waals surface area contributed by atoms with Crippen LogP contribution in [0.4, 0.5) is 0 Å². The third-order valence-electron chi connectivity index (χ3n) is 2.83. The SMILES string of the molecule is Cc1cc(/C=C/C(=O)O)cc(C)c1OCCOCC(C)C. The smallest absolute Gasteiger partial charge is 0.328 e. The maximum atomic E-state index is 10.5. The second-order valence-corrected chi connectivity index (χ2v) is 5.47. The molecule has 1 aromatic carbocycles. The fourth-order valence-corrected chi connectivity index (χ4v) is 2.00. The highest BCUT2D eigenvalue weighted by Gasteiger charge is 2.06. The molecule has 0 aliphatic rings. The van der Waals surface area contributed by atoms with E-state index in [4.69, 9.17) is 14.6 Å². The van der Waals surface area contributed by atoms with Crippen molar-refractivity contribution in [2.24, 2.45) is 5.92 Å². The predicted octanol–water partition coefficient (Wildman–Crippen LogP) is 3.45. The summed E-state index contributed by atoms with van der Waals surface area (Å²) < 4.78 is 11.2. The molecule has 4 heteroatoms. The number of hydrogen-bond donors (Lipinski definition) is 1. The fraction of sp³-hybridized carbons (Fsp3) is 0.471. The number of hydrogen-bond acceptors (Lipinski definition) is 3. The molecule has 0 bridgehead atoms. The van der Waals surface area contributed by atoms with Crippen molar-refractivity contribution in [3.63, 3.8) is 0 Å². The Labute approximate surface area is 126 Å². The molecule has 0 amide bonds. The molecule has 0 saturated heterocycles. The summed E-state index contributed by atoms with van der Waals surface area (Å²) in [6.45, 7) is 9.94. The lowest BCUT2D eigenvalue weighted by Crippen LogP contribution is -2.11. The average Bonchev–Trinajstić information content (AvgIpc) is 2.38. The molecule has 0 atom stereocenters. The van der Waals surface area contributed by atoms with Crippen LogP contribution in [0.1, 0.15) is 30.5 Å². The van der Waals surface area contributed by atoms with E-state index in [-0.39, 0.29) is 0 Å². The van der Waals surface area contributed by atoms with Gasteiger partial charge in [0.15, 0.2) is 0 Å². The van der Waals surface area contributed by atoms with Gasteiger partial charge in [0, 0.05) is 12.7 Å². The van der Waals surface area contributed by atoms with Crippen molar-refractivity contribution in [1.82, 2.24) is 0 Å².